The number of nitro benzene ring substituents is 1. The minimum Gasteiger partial charge on any atom is -0.382 e. The monoisotopic (exact) mass is 425 g/mol. The highest BCUT2D eigenvalue weighted by atomic mass is 79.9. The fourth-order valence-corrected chi connectivity index (χ4v) is 2.86. The summed E-state index contributed by atoms with van der Waals surface area (Å²) in [4.78, 5) is 10.3. The van der Waals surface area contributed by atoms with Crippen LogP contribution in [-0.2, 0) is 0 Å². The summed E-state index contributed by atoms with van der Waals surface area (Å²) >= 11 is 3.40. The molecule has 3 N–H and O–H groups in total. The molecule has 4 rings (SSSR count). The third kappa shape index (κ3) is 3.17. The maximum Gasteiger partial charge on any atom is 0.269 e. The van der Waals surface area contributed by atoms with Gasteiger partial charge in [0.25, 0.3) is 5.69 Å². The van der Waals surface area contributed by atoms with E-state index >= 15 is 0 Å². The molecule has 27 heavy (non-hydrogen) atoms. The third-order valence-electron chi connectivity index (χ3n) is 3.98. The van der Waals surface area contributed by atoms with Crippen LogP contribution in [0.2, 0.25) is 0 Å². The van der Waals surface area contributed by atoms with Crippen LogP contribution < -0.4 is 5.73 Å². The van der Waals surface area contributed by atoms with Crippen LogP contribution in [0.25, 0.3) is 28.3 Å². The van der Waals surface area contributed by atoms with E-state index in [0.717, 1.165) is 15.7 Å². The molecular formula is C17H12BrN7O2. The Morgan fingerprint density at radius 1 is 1.11 bits per heavy atom. The number of aromatic nitrogens is 5. The van der Waals surface area contributed by atoms with Crippen molar-refractivity contribution in [3.8, 4) is 28.3 Å². The van der Waals surface area contributed by atoms with Crippen molar-refractivity contribution in [2.24, 2.45) is 0 Å². The van der Waals surface area contributed by atoms with Crippen LogP contribution in [0.5, 0.6) is 0 Å². The number of nitrogens with two attached hydrogens (primary N) is 1. The fraction of sp³-hybridized carbons (Fsp3) is 0. The Kier molecular flexibility index (Phi) is 4.16. The topological polar surface area (TPSA) is 129 Å². The second-order valence-electron chi connectivity index (χ2n) is 5.68. The van der Waals surface area contributed by atoms with Gasteiger partial charge in [0.1, 0.15) is 0 Å². The number of halogens is 1. The van der Waals surface area contributed by atoms with E-state index in [2.05, 4.69) is 36.4 Å². The first-order valence-electron chi connectivity index (χ1n) is 7.80. The van der Waals surface area contributed by atoms with Crippen molar-refractivity contribution in [2.45, 2.75) is 0 Å². The number of rotatable bonds is 4. The summed E-state index contributed by atoms with van der Waals surface area (Å²) in [5.74, 6) is 0.301. The lowest BCUT2D eigenvalue weighted by molar-refractivity contribution is -0.384. The van der Waals surface area contributed by atoms with Gasteiger partial charge in [-0.15, -0.1) is 5.10 Å². The molecule has 0 amide bonds. The fourth-order valence-electron chi connectivity index (χ4n) is 2.60. The van der Waals surface area contributed by atoms with E-state index in [0.29, 0.717) is 22.9 Å². The molecule has 0 bridgehead atoms. The van der Waals surface area contributed by atoms with Crippen LogP contribution in [-0.4, -0.2) is 30.1 Å². The van der Waals surface area contributed by atoms with Crippen LogP contribution in [0, 0.1) is 10.1 Å². The third-order valence-corrected chi connectivity index (χ3v) is 4.51. The number of H-pyrrole nitrogens is 1. The first kappa shape index (κ1) is 16.9. The molecule has 0 atom stereocenters. The molecule has 0 saturated heterocycles. The SMILES string of the molecule is Nc1c(-c2cc(-c3ccc(Br)cc3)n[nH]2)nnn1-c1ccc([N+](=O)[O-])cc1. The van der Waals surface area contributed by atoms with E-state index in [-0.39, 0.29) is 5.69 Å². The van der Waals surface area contributed by atoms with Gasteiger partial charge < -0.3 is 5.73 Å². The highest BCUT2D eigenvalue weighted by Crippen LogP contribution is 2.28. The number of aromatic amines is 1. The Bertz CT molecular complexity index is 1120. The molecule has 0 unspecified atom stereocenters. The Balaban J connectivity index is 1.66. The van der Waals surface area contributed by atoms with E-state index in [1.165, 1.54) is 16.8 Å². The number of nitrogens with one attached hydrogen (secondary N) is 1. The van der Waals surface area contributed by atoms with Crippen LogP contribution in [0.4, 0.5) is 11.5 Å². The van der Waals surface area contributed by atoms with Gasteiger partial charge in [0.2, 0.25) is 0 Å². The van der Waals surface area contributed by atoms with E-state index in [4.69, 9.17) is 5.73 Å². The van der Waals surface area contributed by atoms with E-state index < -0.39 is 4.92 Å². The Morgan fingerprint density at radius 2 is 1.81 bits per heavy atom. The van der Waals surface area contributed by atoms with Crippen LogP contribution in [0.3, 0.4) is 0 Å². The second kappa shape index (κ2) is 6.65. The summed E-state index contributed by atoms with van der Waals surface area (Å²) in [7, 11) is 0. The first-order chi connectivity index (χ1) is 13.0. The molecule has 0 aliphatic heterocycles. The van der Waals surface area contributed by atoms with Gasteiger partial charge in [-0.05, 0) is 30.3 Å². The summed E-state index contributed by atoms with van der Waals surface area (Å²) in [6.45, 7) is 0. The molecule has 2 aromatic heterocycles. The standard InChI is InChI=1S/C17H12BrN7O2/c18-11-3-1-10(2-4-11)14-9-15(21-20-14)16-17(19)24(23-22-16)12-5-7-13(8-6-12)25(26)27/h1-9H,19H2,(H,20,21). The summed E-state index contributed by atoms with van der Waals surface area (Å²) in [5, 5.41) is 26.2. The molecule has 0 aliphatic rings. The maximum absolute atomic E-state index is 10.8. The zero-order valence-electron chi connectivity index (χ0n) is 13.7. The average Bonchev–Trinajstić information content (AvgIpc) is 3.29. The quantitative estimate of drug-likeness (QED) is 0.379. The molecule has 0 saturated carbocycles. The first-order valence-corrected chi connectivity index (χ1v) is 8.60. The highest BCUT2D eigenvalue weighted by Gasteiger charge is 2.16. The molecule has 0 fully saturated rings. The van der Waals surface area contributed by atoms with Crippen molar-refractivity contribution >= 4 is 27.4 Å². The molecular weight excluding hydrogens is 414 g/mol. The smallest absolute Gasteiger partial charge is 0.269 e. The highest BCUT2D eigenvalue weighted by molar-refractivity contribution is 9.10. The van der Waals surface area contributed by atoms with Crippen LogP contribution in [0.15, 0.2) is 59.1 Å². The lowest BCUT2D eigenvalue weighted by Crippen LogP contribution is -2.02. The van der Waals surface area contributed by atoms with Crippen LogP contribution in [0.1, 0.15) is 0 Å². The predicted octanol–water partition coefficient (Wildman–Crippen LogP) is 3.58. The van der Waals surface area contributed by atoms with Crippen molar-refractivity contribution < 1.29 is 4.92 Å². The Hall–Kier alpha value is -3.53. The molecule has 2 heterocycles. The van der Waals surface area contributed by atoms with E-state index in [1.54, 1.807) is 12.1 Å². The molecule has 2 aromatic carbocycles. The zero-order valence-corrected chi connectivity index (χ0v) is 15.3. The molecule has 9 nitrogen and oxygen atoms in total. The summed E-state index contributed by atoms with van der Waals surface area (Å²) in [6, 6.07) is 15.5. The van der Waals surface area contributed by atoms with Gasteiger partial charge >= 0.3 is 0 Å². The maximum atomic E-state index is 10.8. The number of nitrogens with zero attached hydrogens (tertiary/aromatic N) is 5. The zero-order chi connectivity index (χ0) is 19.0. The number of non-ortho nitro benzene ring substituents is 1. The number of nitrogen functional groups attached to an aromatic ring is 1. The summed E-state index contributed by atoms with van der Waals surface area (Å²) in [5.41, 5.74) is 9.52. The van der Waals surface area contributed by atoms with Crippen molar-refractivity contribution in [2.75, 3.05) is 5.73 Å². The largest absolute Gasteiger partial charge is 0.382 e. The number of hydrogen-bond donors (Lipinski definition) is 2. The number of nitro groups is 1. The number of hydrogen-bond acceptors (Lipinski definition) is 6. The minimum atomic E-state index is -0.464. The van der Waals surface area contributed by atoms with Crippen molar-refractivity contribution in [3.63, 3.8) is 0 Å². The predicted molar refractivity (Wildman–Crippen MR) is 103 cm³/mol. The Labute approximate surface area is 161 Å². The van der Waals surface area contributed by atoms with Gasteiger partial charge in [-0.3, -0.25) is 15.2 Å². The lowest BCUT2D eigenvalue weighted by Gasteiger charge is -2.02. The van der Waals surface area contributed by atoms with Crippen molar-refractivity contribution in [1.29, 1.82) is 0 Å². The minimum absolute atomic E-state index is 0.00892. The Morgan fingerprint density at radius 3 is 2.48 bits per heavy atom. The molecule has 0 radical (unpaired) electrons. The van der Waals surface area contributed by atoms with E-state index in [9.17, 15) is 10.1 Å². The van der Waals surface area contributed by atoms with Crippen molar-refractivity contribution in [3.05, 3.63) is 69.2 Å². The number of benzene rings is 2. The van der Waals surface area contributed by atoms with Gasteiger partial charge in [-0.2, -0.15) is 9.78 Å². The molecule has 0 spiro atoms. The number of anilines is 1. The average molecular weight is 426 g/mol. The molecule has 134 valence electrons. The van der Waals surface area contributed by atoms with Crippen LogP contribution >= 0.6 is 15.9 Å². The normalized spacial score (nSPS) is 10.9. The van der Waals surface area contributed by atoms with Gasteiger partial charge in [0.05, 0.1) is 22.0 Å². The van der Waals surface area contributed by atoms with Gasteiger partial charge in [-0.1, -0.05) is 33.3 Å². The molecule has 0 aliphatic carbocycles. The summed E-state index contributed by atoms with van der Waals surface area (Å²) < 4.78 is 2.40. The van der Waals surface area contributed by atoms with Gasteiger partial charge in [0, 0.05) is 22.2 Å². The summed E-state index contributed by atoms with van der Waals surface area (Å²) in [6.07, 6.45) is 0. The molecule has 10 heteroatoms. The van der Waals surface area contributed by atoms with Crippen molar-refractivity contribution in [1.82, 2.24) is 25.2 Å². The molecule has 4 aromatic rings. The van der Waals surface area contributed by atoms with Gasteiger partial charge in [0.15, 0.2) is 11.5 Å². The second-order valence-corrected chi connectivity index (χ2v) is 6.60. The van der Waals surface area contributed by atoms with Gasteiger partial charge in [-0.25, -0.2) is 0 Å². The lowest BCUT2D eigenvalue weighted by atomic mass is 10.1. The van der Waals surface area contributed by atoms with E-state index in [1.807, 2.05) is 30.3 Å².